The van der Waals surface area contributed by atoms with Crippen molar-refractivity contribution < 1.29 is 10.0 Å². The second-order valence-corrected chi connectivity index (χ2v) is 6.70. The number of aromatic nitrogens is 2. The van der Waals surface area contributed by atoms with E-state index in [0.717, 1.165) is 15.3 Å². The molecule has 0 fully saturated rings. The molecule has 0 spiro atoms. The molecule has 0 unspecified atom stereocenters. The maximum Gasteiger partial charge on any atom is 0.343 e. The van der Waals surface area contributed by atoms with Crippen molar-refractivity contribution in [1.29, 1.82) is 0 Å². The molecule has 0 amide bonds. The highest BCUT2D eigenvalue weighted by atomic mass is 16.6. The van der Waals surface area contributed by atoms with Crippen molar-refractivity contribution in [3.63, 3.8) is 0 Å². The number of hydrogen-bond acceptors (Lipinski definition) is 6. The number of aromatic hydroxyl groups is 1. The highest BCUT2D eigenvalue weighted by molar-refractivity contribution is 5.84. The van der Waals surface area contributed by atoms with Crippen molar-refractivity contribution in [1.82, 2.24) is 9.13 Å². The molecule has 4 aromatic rings. The van der Waals surface area contributed by atoms with Crippen LogP contribution in [-0.4, -0.2) is 25.4 Å². The zero-order chi connectivity index (χ0) is 22.7. The van der Waals surface area contributed by atoms with E-state index >= 15 is 0 Å². The first kappa shape index (κ1) is 20.5. The van der Waals surface area contributed by atoms with Gasteiger partial charge in [-0.05, 0) is 30.3 Å². The lowest BCUT2D eigenvalue weighted by molar-refractivity contribution is -0.384. The van der Waals surface area contributed by atoms with Gasteiger partial charge in [0.05, 0.1) is 22.0 Å². The smallest absolute Gasteiger partial charge is 0.343 e. The Kier molecular flexibility index (Phi) is 5.45. The standard InChI is InChI=1S/C23H16N4O5/c28-21-20(15-24-16-8-7-13-19(14-16)27(31)32)22(29)26(18-11-5-2-6-12-18)23(30)25(21)17-9-3-1-4-10-17/h1-15,28H. The van der Waals surface area contributed by atoms with E-state index in [0.29, 0.717) is 11.4 Å². The van der Waals surface area contributed by atoms with Gasteiger partial charge in [0.25, 0.3) is 11.2 Å². The first-order valence-electron chi connectivity index (χ1n) is 9.48. The van der Waals surface area contributed by atoms with Crippen molar-refractivity contribution in [2.45, 2.75) is 0 Å². The highest BCUT2D eigenvalue weighted by Crippen LogP contribution is 2.21. The van der Waals surface area contributed by atoms with Crippen molar-refractivity contribution in [3.8, 4) is 17.3 Å². The van der Waals surface area contributed by atoms with Crippen LogP contribution in [0.3, 0.4) is 0 Å². The Bertz CT molecular complexity index is 1440. The van der Waals surface area contributed by atoms with Crippen molar-refractivity contribution >= 4 is 17.6 Å². The lowest BCUT2D eigenvalue weighted by Gasteiger charge is -2.14. The third kappa shape index (κ3) is 3.82. The minimum atomic E-state index is -0.778. The quantitative estimate of drug-likeness (QED) is 0.297. The monoisotopic (exact) mass is 428 g/mol. The van der Waals surface area contributed by atoms with E-state index in [1.165, 1.54) is 24.3 Å². The Balaban J connectivity index is 1.97. The van der Waals surface area contributed by atoms with Crippen LogP contribution in [0.4, 0.5) is 11.4 Å². The molecule has 0 atom stereocenters. The fraction of sp³-hybridized carbons (Fsp3) is 0. The maximum atomic E-state index is 13.2. The third-order valence-electron chi connectivity index (χ3n) is 4.68. The van der Waals surface area contributed by atoms with E-state index < -0.39 is 22.1 Å². The summed E-state index contributed by atoms with van der Waals surface area (Å²) in [5.41, 5.74) is -1.07. The molecular weight excluding hydrogens is 412 g/mol. The summed E-state index contributed by atoms with van der Waals surface area (Å²) < 4.78 is 1.94. The normalized spacial score (nSPS) is 11.0. The fourth-order valence-electron chi connectivity index (χ4n) is 3.17. The zero-order valence-corrected chi connectivity index (χ0v) is 16.5. The summed E-state index contributed by atoms with van der Waals surface area (Å²) in [5.74, 6) is -0.590. The average molecular weight is 428 g/mol. The van der Waals surface area contributed by atoms with Gasteiger partial charge in [-0.3, -0.25) is 19.9 Å². The summed E-state index contributed by atoms with van der Waals surface area (Å²) in [6.45, 7) is 0. The number of nitro benzene ring substituents is 1. The molecule has 9 heteroatoms. The molecule has 0 aliphatic heterocycles. The van der Waals surface area contributed by atoms with Gasteiger partial charge >= 0.3 is 5.69 Å². The molecule has 1 N–H and O–H groups in total. The topological polar surface area (TPSA) is 120 Å². The number of non-ortho nitro benzene ring substituents is 1. The molecule has 0 saturated heterocycles. The largest absolute Gasteiger partial charge is 0.493 e. The van der Waals surface area contributed by atoms with Crippen LogP contribution < -0.4 is 11.2 Å². The van der Waals surface area contributed by atoms with Gasteiger partial charge in [0.2, 0.25) is 5.88 Å². The minimum absolute atomic E-state index is 0.167. The van der Waals surface area contributed by atoms with Crippen LogP contribution in [0.2, 0.25) is 0 Å². The van der Waals surface area contributed by atoms with Gasteiger partial charge in [0.15, 0.2) is 0 Å². The summed E-state index contributed by atoms with van der Waals surface area (Å²) >= 11 is 0. The van der Waals surface area contributed by atoms with Crippen LogP contribution in [0.25, 0.3) is 11.4 Å². The van der Waals surface area contributed by atoms with Gasteiger partial charge < -0.3 is 5.11 Å². The van der Waals surface area contributed by atoms with Gasteiger partial charge in [0.1, 0.15) is 5.56 Å². The van der Waals surface area contributed by atoms with Crippen LogP contribution in [0.1, 0.15) is 5.56 Å². The van der Waals surface area contributed by atoms with Crippen LogP contribution in [-0.2, 0) is 0 Å². The molecule has 0 saturated carbocycles. The van der Waals surface area contributed by atoms with Crippen molar-refractivity contribution in [3.05, 3.63) is 121 Å². The molecule has 0 bridgehead atoms. The number of nitrogens with zero attached hydrogens (tertiary/aromatic N) is 4. The lowest BCUT2D eigenvalue weighted by atomic mass is 10.2. The van der Waals surface area contributed by atoms with Crippen molar-refractivity contribution in [2.24, 2.45) is 4.99 Å². The molecule has 0 aliphatic rings. The van der Waals surface area contributed by atoms with Crippen LogP contribution >= 0.6 is 0 Å². The van der Waals surface area contributed by atoms with E-state index in [-0.39, 0.29) is 16.9 Å². The Labute approximate surface area is 180 Å². The van der Waals surface area contributed by atoms with Gasteiger partial charge in [-0.25, -0.2) is 13.9 Å². The SMILES string of the molecule is O=c1c(C=Nc2cccc([N+](=O)[O-])c2)c(O)n(-c2ccccc2)c(=O)n1-c1ccccc1. The number of rotatable bonds is 5. The Morgan fingerprint density at radius 3 is 2.03 bits per heavy atom. The fourth-order valence-corrected chi connectivity index (χ4v) is 3.17. The number of aliphatic imine (C=N–C) groups is 1. The van der Waals surface area contributed by atoms with Gasteiger partial charge in [-0.1, -0.05) is 42.5 Å². The van der Waals surface area contributed by atoms with Crippen LogP contribution in [0, 0.1) is 10.1 Å². The molecule has 32 heavy (non-hydrogen) atoms. The maximum absolute atomic E-state index is 13.2. The van der Waals surface area contributed by atoms with Gasteiger partial charge in [0, 0.05) is 18.3 Å². The van der Waals surface area contributed by atoms with Crippen molar-refractivity contribution in [2.75, 3.05) is 0 Å². The summed E-state index contributed by atoms with van der Waals surface area (Å²) in [6, 6.07) is 22.2. The average Bonchev–Trinajstić information content (AvgIpc) is 2.80. The lowest BCUT2D eigenvalue weighted by Crippen LogP contribution is -2.40. The summed E-state index contributed by atoms with van der Waals surface area (Å²) in [7, 11) is 0. The molecule has 0 radical (unpaired) electrons. The molecule has 1 aromatic heterocycles. The molecule has 158 valence electrons. The van der Waals surface area contributed by atoms with E-state index in [1.807, 2.05) is 0 Å². The van der Waals surface area contributed by atoms with E-state index in [9.17, 15) is 24.8 Å². The molecule has 1 heterocycles. The Morgan fingerprint density at radius 2 is 1.44 bits per heavy atom. The second kappa shape index (κ2) is 8.52. The van der Waals surface area contributed by atoms with Gasteiger partial charge in [-0.15, -0.1) is 0 Å². The first-order chi connectivity index (χ1) is 15.5. The molecule has 0 aliphatic carbocycles. The number of nitro groups is 1. The summed E-state index contributed by atoms with van der Waals surface area (Å²) in [5, 5.41) is 21.8. The first-order valence-corrected chi connectivity index (χ1v) is 9.48. The zero-order valence-electron chi connectivity index (χ0n) is 16.5. The molecular formula is C23H16N4O5. The number of para-hydroxylation sites is 2. The highest BCUT2D eigenvalue weighted by Gasteiger charge is 2.20. The molecule has 3 aromatic carbocycles. The Morgan fingerprint density at radius 1 is 0.844 bits per heavy atom. The predicted octanol–water partition coefficient (Wildman–Crippen LogP) is 3.35. The minimum Gasteiger partial charge on any atom is -0.493 e. The second-order valence-electron chi connectivity index (χ2n) is 6.70. The third-order valence-corrected chi connectivity index (χ3v) is 4.68. The number of benzene rings is 3. The summed E-state index contributed by atoms with van der Waals surface area (Å²) in [6.07, 6.45) is 1.09. The van der Waals surface area contributed by atoms with Crippen LogP contribution in [0.5, 0.6) is 5.88 Å². The van der Waals surface area contributed by atoms with E-state index in [2.05, 4.69) is 4.99 Å². The van der Waals surface area contributed by atoms with E-state index in [1.54, 1.807) is 60.7 Å². The Hall–Kier alpha value is -4.79. The molecule has 4 rings (SSSR count). The van der Waals surface area contributed by atoms with Gasteiger partial charge in [-0.2, -0.15) is 0 Å². The predicted molar refractivity (Wildman–Crippen MR) is 120 cm³/mol. The van der Waals surface area contributed by atoms with E-state index in [4.69, 9.17) is 0 Å². The van der Waals surface area contributed by atoms with Crippen LogP contribution in [0.15, 0.2) is 99.5 Å². The number of hydrogen-bond donors (Lipinski definition) is 1. The molecule has 9 nitrogen and oxygen atoms in total. The summed E-state index contributed by atoms with van der Waals surface area (Å²) in [4.78, 5) is 40.9.